The molecule has 3 aromatic rings. The second kappa shape index (κ2) is 12.8. The van der Waals surface area contributed by atoms with Crippen molar-refractivity contribution in [2.45, 2.75) is 58.7 Å². The fourth-order valence-electron chi connectivity index (χ4n) is 3.81. The second-order valence-corrected chi connectivity index (χ2v) is 9.77. The summed E-state index contributed by atoms with van der Waals surface area (Å²) in [4.78, 5) is 28.9. The lowest BCUT2D eigenvalue weighted by Gasteiger charge is -2.32. The summed E-state index contributed by atoms with van der Waals surface area (Å²) < 4.78 is 0. The Labute approximate surface area is 218 Å². The van der Waals surface area contributed by atoms with Crippen LogP contribution in [0.2, 0.25) is 10.0 Å². The van der Waals surface area contributed by atoms with E-state index in [9.17, 15) is 9.59 Å². The smallest absolute Gasteiger partial charge is 0.243 e. The van der Waals surface area contributed by atoms with Crippen LogP contribution in [0, 0.1) is 6.92 Å². The topological polar surface area (TPSA) is 49.4 Å². The normalized spacial score (nSPS) is 12.6. The van der Waals surface area contributed by atoms with Crippen LogP contribution in [0.15, 0.2) is 72.8 Å². The monoisotopic (exact) mass is 510 g/mol. The van der Waals surface area contributed by atoms with Crippen LogP contribution in [0.5, 0.6) is 0 Å². The van der Waals surface area contributed by atoms with Crippen molar-refractivity contribution in [2.75, 3.05) is 0 Å². The van der Waals surface area contributed by atoms with Gasteiger partial charge in [0, 0.05) is 19.0 Å². The van der Waals surface area contributed by atoms with Crippen molar-refractivity contribution in [3.05, 3.63) is 105 Å². The molecular weight excluding hydrogens is 479 g/mol. The van der Waals surface area contributed by atoms with Crippen LogP contribution in [-0.4, -0.2) is 28.8 Å². The summed E-state index contributed by atoms with van der Waals surface area (Å²) >= 11 is 12.3. The molecule has 4 nitrogen and oxygen atoms in total. The molecule has 3 rings (SSSR count). The largest absolute Gasteiger partial charge is 0.352 e. The number of benzene rings is 3. The molecule has 2 atom stereocenters. The lowest BCUT2D eigenvalue weighted by Crippen LogP contribution is -2.52. The van der Waals surface area contributed by atoms with Crippen LogP contribution in [0.1, 0.15) is 42.5 Å². The Morgan fingerprint density at radius 1 is 0.886 bits per heavy atom. The highest BCUT2D eigenvalue weighted by Gasteiger charge is 2.31. The number of nitrogens with one attached hydrogen (secondary N) is 1. The molecule has 0 aromatic heterocycles. The number of rotatable bonds is 10. The number of amides is 2. The van der Waals surface area contributed by atoms with E-state index in [-0.39, 0.29) is 24.3 Å². The van der Waals surface area contributed by atoms with E-state index in [4.69, 9.17) is 23.2 Å². The summed E-state index contributed by atoms with van der Waals surface area (Å²) in [5.41, 5.74) is 3.84. The van der Waals surface area contributed by atoms with Gasteiger partial charge in [-0.25, -0.2) is 0 Å². The van der Waals surface area contributed by atoms with E-state index in [2.05, 4.69) is 5.32 Å². The zero-order valence-electron chi connectivity index (χ0n) is 20.4. The zero-order chi connectivity index (χ0) is 25.4. The molecule has 0 aliphatic rings. The number of carbonyl (C=O) groups is 2. The fourth-order valence-corrected chi connectivity index (χ4v) is 4.13. The quantitative estimate of drug-likeness (QED) is 0.343. The summed E-state index contributed by atoms with van der Waals surface area (Å²) in [7, 11) is 0. The van der Waals surface area contributed by atoms with Crippen LogP contribution in [0.25, 0.3) is 0 Å². The Balaban J connectivity index is 1.97. The summed E-state index contributed by atoms with van der Waals surface area (Å²) in [6.07, 6.45) is 1.34. The Kier molecular flexibility index (Phi) is 9.76. The van der Waals surface area contributed by atoms with Gasteiger partial charge < -0.3 is 10.2 Å². The van der Waals surface area contributed by atoms with Crippen molar-refractivity contribution in [3.63, 3.8) is 0 Å². The van der Waals surface area contributed by atoms with E-state index >= 15 is 0 Å². The van der Waals surface area contributed by atoms with Crippen LogP contribution in [-0.2, 0) is 29.0 Å². The molecule has 0 radical (unpaired) electrons. The molecule has 2 amide bonds. The molecule has 0 bridgehead atoms. The average molecular weight is 511 g/mol. The van der Waals surface area contributed by atoms with E-state index in [0.29, 0.717) is 23.0 Å². The van der Waals surface area contributed by atoms with Gasteiger partial charge in [0.15, 0.2) is 0 Å². The summed E-state index contributed by atoms with van der Waals surface area (Å²) in [6.45, 7) is 6.34. The Morgan fingerprint density at radius 3 is 2.17 bits per heavy atom. The molecule has 0 saturated heterocycles. The Morgan fingerprint density at radius 2 is 1.54 bits per heavy atom. The minimum absolute atomic E-state index is 0.00664. The van der Waals surface area contributed by atoms with Crippen molar-refractivity contribution >= 4 is 35.0 Å². The molecule has 184 valence electrons. The number of hydrogen-bond donors (Lipinski definition) is 1. The minimum atomic E-state index is -0.664. The second-order valence-electron chi connectivity index (χ2n) is 8.96. The van der Waals surface area contributed by atoms with Crippen LogP contribution >= 0.6 is 23.2 Å². The van der Waals surface area contributed by atoms with Gasteiger partial charge in [0.25, 0.3) is 0 Å². The van der Waals surface area contributed by atoms with Crippen molar-refractivity contribution in [2.24, 2.45) is 0 Å². The van der Waals surface area contributed by atoms with Gasteiger partial charge >= 0.3 is 0 Å². The first-order valence-electron chi connectivity index (χ1n) is 11.9. The third-order valence-corrected chi connectivity index (χ3v) is 6.82. The number of halogens is 2. The first-order valence-corrected chi connectivity index (χ1v) is 12.7. The van der Waals surface area contributed by atoms with E-state index in [1.54, 1.807) is 23.1 Å². The highest BCUT2D eigenvalue weighted by Crippen LogP contribution is 2.24. The lowest BCUT2D eigenvalue weighted by atomic mass is 10.0. The van der Waals surface area contributed by atoms with Crippen LogP contribution < -0.4 is 5.32 Å². The minimum Gasteiger partial charge on any atom is -0.352 e. The molecule has 0 aliphatic heterocycles. The van der Waals surface area contributed by atoms with Crippen LogP contribution in [0.3, 0.4) is 0 Å². The van der Waals surface area contributed by atoms with Crippen molar-refractivity contribution in [1.82, 2.24) is 10.2 Å². The van der Waals surface area contributed by atoms with Gasteiger partial charge in [-0.1, -0.05) is 96.4 Å². The number of aryl methyl sites for hydroxylation is 1. The zero-order valence-corrected chi connectivity index (χ0v) is 21.9. The maximum Gasteiger partial charge on any atom is 0.243 e. The average Bonchev–Trinajstić information content (AvgIpc) is 2.85. The fraction of sp³-hybridized carbons (Fsp3) is 0.310. The lowest BCUT2D eigenvalue weighted by molar-refractivity contribution is -0.141. The maximum absolute atomic E-state index is 13.7. The molecule has 0 fully saturated rings. The molecule has 0 aliphatic carbocycles. The maximum atomic E-state index is 13.7. The predicted molar refractivity (Wildman–Crippen MR) is 144 cm³/mol. The first-order chi connectivity index (χ1) is 16.8. The molecule has 3 aromatic carbocycles. The SMILES string of the molecule is CC[C@@H](C)NC(=O)[C@@H](Cc1ccccc1)N(Cc1ccc(C)cc1)C(=O)Cc1ccc(Cl)c(Cl)c1. The molecule has 0 spiro atoms. The van der Waals surface area contributed by atoms with E-state index < -0.39 is 6.04 Å². The Bertz CT molecular complexity index is 1130. The molecule has 0 saturated carbocycles. The van der Waals surface area contributed by atoms with Crippen molar-refractivity contribution in [1.29, 1.82) is 0 Å². The molecule has 0 heterocycles. The molecule has 35 heavy (non-hydrogen) atoms. The predicted octanol–water partition coefficient (Wildman–Crippen LogP) is 6.40. The van der Waals surface area contributed by atoms with Gasteiger partial charge in [0.2, 0.25) is 11.8 Å². The van der Waals surface area contributed by atoms with Gasteiger partial charge in [-0.3, -0.25) is 9.59 Å². The van der Waals surface area contributed by atoms with E-state index in [0.717, 1.165) is 28.7 Å². The van der Waals surface area contributed by atoms with Gasteiger partial charge in [-0.05, 0) is 49.1 Å². The van der Waals surface area contributed by atoms with Gasteiger partial charge in [-0.15, -0.1) is 0 Å². The molecular formula is C29H32Cl2N2O2. The standard InChI is InChI=1S/C29H32Cl2N2O2/c1-4-21(3)32-29(35)27(17-22-8-6-5-7-9-22)33(19-23-12-10-20(2)11-13-23)28(34)18-24-14-15-25(30)26(31)16-24/h5-16,21,27H,4,17-19H2,1-3H3,(H,32,35)/t21-,27-/m1/s1. The number of carbonyl (C=O) groups excluding carboxylic acids is 2. The highest BCUT2D eigenvalue weighted by molar-refractivity contribution is 6.42. The Hall–Kier alpha value is -2.82. The third-order valence-electron chi connectivity index (χ3n) is 6.09. The molecule has 1 N–H and O–H groups in total. The van der Waals surface area contributed by atoms with Gasteiger partial charge in [0.1, 0.15) is 6.04 Å². The van der Waals surface area contributed by atoms with Crippen molar-refractivity contribution < 1.29 is 9.59 Å². The van der Waals surface area contributed by atoms with E-state index in [1.165, 1.54) is 0 Å². The molecule has 0 unspecified atom stereocenters. The third kappa shape index (κ3) is 7.84. The van der Waals surface area contributed by atoms with Crippen LogP contribution in [0.4, 0.5) is 0 Å². The number of hydrogen-bond acceptors (Lipinski definition) is 2. The molecule has 6 heteroatoms. The first kappa shape index (κ1) is 26.8. The van der Waals surface area contributed by atoms with Crippen molar-refractivity contribution in [3.8, 4) is 0 Å². The summed E-state index contributed by atoms with van der Waals surface area (Å²) in [5.74, 6) is -0.304. The summed E-state index contributed by atoms with van der Waals surface area (Å²) in [6, 6.07) is 22.4. The van der Waals surface area contributed by atoms with Gasteiger partial charge in [0.05, 0.1) is 16.5 Å². The highest BCUT2D eigenvalue weighted by atomic mass is 35.5. The van der Waals surface area contributed by atoms with E-state index in [1.807, 2.05) is 75.4 Å². The summed E-state index contributed by atoms with van der Waals surface area (Å²) in [5, 5.41) is 3.93. The van der Waals surface area contributed by atoms with Gasteiger partial charge in [-0.2, -0.15) is 0 Å². The number of nitrogens with zero attached hydrogens (tertiary/aromatic N) is 1.